The van der Waals surface area contributed by atoms with E-state index >= 15 is 0 Å². The molecule has 2 heteroatoms. The third-order valence-corrected chi connectivity index (χ3v) is 4.07. The molecule has 2 nitrogen and oxygen atoms in total. The van der Waals surface area contributed by atoms with Crippen LogP contribution in [0.25, 0.3) is 0 Å². The highest BCUT2D eigenvalue weighted by molar-refractivity contribution is 5.58. The number of aryl methyl sites for hydroxylation is 1. The Balaban J connectivity index is 2.69. The number of benzene rings is 1. The lowest BCUT2D eigenvalue weighted by atomic mass is 9.80. The lowest BCUT2D eigenvalue weighted by molar-refractivity contribution is 0.384. The van der Waals surface area contributed by atoms with Gasteiger partial charge in [0.1, 0.15) is 0 Å². The fraction of sp³-hybridized carbons (Fsp3) is 0.571. The standard InChI is InChI=1S/C14H22N2/c1-9-5-10-11(6-12(9)16)14(4,8-15)7-13(10,2)3/h5-6H,7-8,15-16H2,1-4H3. The highest BCUT2D eigenvalue weighted by atomic mass is 14.6. The van der Waals surface area contributed by atoms with Gasteiger partial charge in [-0.3, -0.25) is 0 Å². The Morgan fingerprint density at radius 1 is 1.19 bits per heavy atom. The highest BCUT2D eigenvalue weighted by Crippen LogP contribution is 2.49. The first-order valence-corrected chi connectivity index (χ1v) is 5.91. The zero-order valence-corrected chi connectivity index (χ0v) is 10.7. The van der Waals surface area contributed by atoms with Crippen molar-refractivity contribution >= 4 is 5.69 Å². The second-order valence-corrected chi connectivity index (χ2v) is 6.08. The van der Waals surface area contributed by atoms with Crippen LogP contribution in [-0.2, 0) is 10.8 Å². The Hall–Kier alpha value is -1.02. The van der Waals surface area contributed by atoms with Crippen LogP contribution in [0.3, 0.4) is 0 Å². The number of nitrogens with two attached hydrogens (primary N) is 2. The van der Waals surface area contributed by atoms with Crippen LogP contribution in [0.4, 0.5) is 5.69 Å². The first-order chi connectivity index (χ1) is 7.30. The summed E-state index contributed by atoms with van der Waals surface area (Å²) in [5.74, 6) is 0. The summed E-state index contributed by atoms with van der Waals surface area (Å²) >= 11 is 0. The average molecular weight is 218 g/mol. The minimum Gasteiger partial charge on any atom is -0.399 e. The maximum Gasteiger partial charge on any atom is 0.0346 e. The number of hydrogen-bond donors (Lipinski definition) is 2. The first kappa shape index (κ1) is 11.5. The Morgan fingerprint density at radius 2 is 1.81 bits per heavy atom. The lowest BCUT2D eigenvalue weighted by Crippen LogP contribution is -2.31. The van der Waals surface area contributed by atoms with Crippen molar-refractivity contribution in [1.29, 1.82) is 0 Å². The Morgan fingerprint density at radius 3 is 2.38 bits per heavy atom. The Bertz CT molecular complexity index is 435. The number of hydrogen-bond acceptors (Lipinski definition) is 2. The number of nitrogen functional groups attached to an aromatic ring is 1. The van der Waals surface area contributed by atoms with E-state index in [1.807, 2.05) is 0 Å². The van der Waals surface area contributed by atoms with Gasteiger partial charge in [-0.15, -0.1) is 0 Å². The summed E-state index contributed by atoms with van der Waals surface area (Å²) in [4.78, 5) is 0. The SMILES string of the molecule is Cc1cc2c(cc1N)C(C)(CN)CC2(C)C. The van der Waals surface area contributed by atoms with Gasteiger partial charge < -0.3 is 11.5 Å². The molecule has 1 aliphatic rings. The monoisotopic (exact) mass is 218 g/mol. The molecule has 0 saturated heterocycles. The van der Waals surface area contributed by atoms with E-state index in [2.05, 4.69) is 39.8 Å². The quantitative estimate of drug-likeness (QED) is 0.711. The maximum absolute atomic E-state index is 6.02. The van der Waals surface area contributed by atoms with Gasteiger partial charge in [-0.25, -0.2) is 0 Å². The van der Waals surface area contributed by atoms with Gasteiger partial charge in [-0.05, 0) is 41.5 Å². The van der Waals surface area contributed by atoms with Crippen LogP contribution in [0.5, 0.6) is 0 Å². The molecule has 0 heterocycles. The molecule has 1 aromatic rings. The van der Waals surface area contributed by atoms with E-state index in [-0.39, 0.29) is 10.8 Å². The summed E-state index contributed by atoms with van der Waals surface area (Å²) in [6.07, 6.45) is 1.11. The molecular formula is C14H22N2. The van der Waals surface area contributed by atoms with Crippen molar-refractivity contribution in [2.24, 2.45) is 5.73 Å². The molecule has 0 spiro atoms. The number of rotatable bonds is 1. The topological polar surface area (TPSA) is 52.0 Å². The number of fused-ring (bicyclic) bond motifs is 1. The summed E-state index contributed by atoms with van der Waals surface area (Å²) in [5.41, 5.74) is 17.1. The summed E-state index contributed by atoms with van der Waals surface area (Å²) in [5, 5.41) is 0. The van der Waals surface area contributed by atoms with Gasteiger partial charge in [-0.2, -0.15) is 0 Å². The van der Waals surface area contributed by atoms with E-state index in [1.54, 1.807) is 0 Å². The third kappa shape index (κ3) is 1.44. The van der Waals surface area contributed by atoms with Crippen molar-refractivity contribution in [3.05, 3.63) is 28.8 Å². The van der Waals surface area contributed by atoms with Crippen LogP contribution in [0, 0.1) is 6.92 Å². The van der Waals surface area contributed by atoms with Gasteiger partial charge in [0.05, 0.1) is 0 Å². The van der Waals surface area contributed by atoms with Crippen LogP contribution in [0.2, 0.25) is 0 Å². The molecular weight excluding hydrogens is 196 g/mol. The average Bonchev–Trinajstić information content (AvgIpc) is 2.38. The highest BCUT2D eigenvalue weighted by Gasteiger charge is 2.44. The van der Waals surface area contributed by atoms with Crippen molar-refractivity contribution in [2.45, 2.75) is 44.9 Å². The van der Waals surface area contributed by atoms with Crippen molar-refractivity contribution in [2.75, 3.05) is 12.3 Å². The van der Waals surface area contributed by atoms with Crippen molar-refractivity contribution in [3.8, 4) is 0 Å². The maximum atomic E-state index is 6.02. The molecule has 0 radical (unpaired) electrons. The van der Waals surface area contributed by atoms with Crippen molar-refractivity contribution in [3.63, 3.8) is 0 Å². The summed E-state index contributed by atoms with van der Waals surface area (Å²) < 4.78 is 0. The molecule has 0 fully saturated rings. The molecule has 0 amide bonds. The zero-order valence-electron chi connectivity index (χ0n) is 10.7. The lowest BCUT2D eigenvalue weighted by Gasteiger charge is -2.25. The minimum atomic E-state index is 0.0840. The fourth-order valence-electron chi connectivity index (χ4n) is 3.13. The van der Waals surface area contributed by atoms with Crippen molar-refractivity contribution in [1.82, 2.24) is 0 Å². The van der Waals surface area contributed by atoms with Crippen LogP contribution in [0.15, 0.2) is 12.1 Å². The molecule has 1 aromatic carbocycles. The predicted molar refractivity (Wildman–Crippen MR) is 69.6 cm³/mol. The van der Waals surface area contributed by atoms with E-state index in [0.717, 1.165) is 12.1 Å². The summed E-state index contributed by atoms with van der Waals surface area (Å²) in [6, 6.07) is 4.37. The molecule has 0 saturated carbocycles. The van der Waals surface area contributed by atoms with Crippen molar-refractivity contribution < 1.29 is 0 Å². The summed E-state index contributed by atoms with van der Waals surface area (Å²) in [7, 11) is 0. The largest absolute Gasteiger partial charge is 0.399 e. The van der Waals surface area contributed by atoms with Gasteiger partial charge in [0.2, 0.25) is 0 Å². The van der Waals surface area contributed by atoms with E-state index in [4.69, 9.17) is 11.5 Å². The molecule has 4 N–H and O–H groups in total. The molecule has 0 aromatic heterocycles. The zero-order chi connectivity index (χ0) is 12.1. The van der Waals surface area contributed by atoms with E-state index in [9.17, 15) is 0 Å². The molecule has 2 rings (SSSR count). The Labute approximate surface area is 98.0 Å². The predicted octanol–water partition coefficient (Wildman–Crippen LogP) is 2.47. The van der Waals surface area contributed by atoms with Gasteiger partial charge in [-0.1, -0.05) is 26.8 Å². The van der Waals surface area contributed by atoms with Gasteiger partial charge in [0, 0.05) is 17.6 Å². The van der Waals surface area contributed by atoms with E-state index in [1.165, 1.54) is 16.7 Å². The van der Waals surface area contributed by atoms with Crippen LogP contribution in [0.1, 0.15) is 43.9 Å². The Kier molecular flexibility index (Phi) is 2.32. The molecule has 1 aliphatic carbocycles. The van der Waals surface area contributed by atoms with Crippen LogP contribution < -0.4 is 11.5 Å². The number of anilines is 1. The molecule has 1 atom stereocenters. The molecule has 1 unspecified atom stereocenters. The molecule has 88 valence electrons. The van der Waals surface area contributed by atoms with Gasteiger partial charge in [0.15, 0.2) is 0 Å². The third-order valence-electron chi connectivity index (χ3n) is 4.07. The van der Waals surface area contributed by atoms with Crippen LogP contribution >= 0.6 is 0 Å². The van der Waals surface area contributed by atoms with Gasteiger partial charge in [0.25, 0.3) is 0 Å². The second kappa shape index (κ2) is 3.24. The van der Waals surface area contributed by atoms with E-state index < -0.39 is 0 Å². The summed E-state index contributed by atoms with van der Waals surface area (Å²) in [6.45, 7) is 9.59. The fourth-order valence-corrected chi connectivity index (χ4v) is 3.13. The minimum absolute atomic E-state index is 0.0840. The first-order valence-electron chi connectivity index (χ1n) is 5.91. The molecule has 16 heavy (non-hydrogen) atoms. The smallest absolute Gasteiger partial charge is 0.0346 e. The van der Waals surface area contributed by atoms with Crippen LogP contribution in [-0.4, -0.2) is 6.54 Å². The molecule has 0 aliphatic heterocycles. The van der Waals surface area contributed by atoms with Gasteiger partial charge >= 0.3 is 0 Å². The second-order valence-electron chi connectivity index (χ2n) is 6.08. The molecule has 0 bridgehead atoms. The normalized spacial score (nSPS) is 26.8. The van der Waals surface area contributed by atoms with E-state index in [0.29, 0.717) is 6.54 Å².